The van der Waals surface area contributed by atoms with E-state index < -0.39 is 0 Å². The molecule has 0 aliphatic heterocycles. The van der Waals surface area contributed by atoms with Gasteiger partial charge in [-0.3, -0.25) is 11.3 Å². The number of thiophene rings is 1. The van der Waals surface area contributed by atoms with Crippen LogP contribution in [0.25, 0.3) is 0 Å². The lowest BCUT2D eigenvalue weighted by atomic mass is 10.0. The third-order valence-corrected chi connectivity index (χ3v) is 3.60. The van der Waals surface area contributed by atoms with Gasteiger partial charge in [0.15, 0.2) is 0 Å². The van der Waals surface area contributed by atoms with Gasteiger partial charge in [0.05, 0.1) is 0 Å². The summed E-state index contributed by atoms with van der Waals surface area (Å²) in [5.41, 5.74) is 4.31. The van der Waals surface area contributed by atoms with Crippen LogP contribution in [-0.2, 0) is 0 Å². The number of nitrogens with two attached hydrogens (primary N) is 1. The molecule has 1 heterocycles. The molecule has 72 valence electrons. The van der Waals surface area contributed by atoms with Gasteiger partial charge in [-0.15, -0.1) is 11.3 Å². The van der Waals surface area contributed by atoms with Crippen molar-refractivity contribution in [3.05, 3.63) is 21.9 Å². The average Bonchev–Trinajstić information content (AvgIpc) is 2.85. The standard InChI is InChI=1S/C10H16N2S/c1-7-9(4-5-13-7)10(12-11)6-8-2-3-8/h4-5,8,10,12H,2-3,6,11H2,1H3. The molecular formula is C10H16N2S. The summed E-state index contributed by atoms with van der Waals surface area (Å²) in [6.07, 6.45) is 3.98. The Hall–Kier alpha value is -0.380. The molecule has 2 nitrogen and oxygen atoms in total. The molecule has 2 rings (SSSR count). The number of rotatable bonds is 4. The van der Waals surface area contributed by atoms with Gasteiger partial charge in [0.1, 0.15) is 0 Å². The Morgan fingerprint density at radius 3 is 2.92 bits per heavy atom. The highest BCUT2D eigenvalue weighted by molar-refractivity contribution is 7.10. The zero-order chi connectivity index (χ0) is 9.26. The van der Waals surface area contributed by atoms with Crippen molar-refractivity contribution in [3.8, 4) is 0 Å². The predicted molar refractivity (Wildman–Crippen MR) is 56.5 cm³/mol. The van der Waals surface area contributed by atoms with Crippen LogP contribution in [0.3, 0.4) is 0 Å². The fraction of sp³-hybridized carbons (Fsp3) is 0.600. The van der Waals surface area contributed by atoms with E-state index in [2.05, 4.69) is 23.8 Å². The first-order valence-electron chi connectivity index (χ1n) is 4.81. The number of hydrogen-bond donors (Lipinski definition) is 2. The van der Waals surface area contributed by atoms with E-state index in [1.807, 2.05) is 0 Å². The molecule has 3 N–H and O–H groups in total. The Morgan fingerprint density at radius 2 is 2.46 bits per heavy atom. The highest BCUT2D eigenvalue weighted by Crippen LogP contribution is 2.38. The maximum absolute atomic E-state index is 5.56. The lowest BCUT2D eigenvalue weighted by Gasteiger charge is -2.15. The summed E-state index contributed by atoms with van der Waals surface area (Å²) in [5, 5.41) is 2.14. The molecule has 0 bridgehead atoms. The lowest BCUT2D eigenvalue weighted by molar-refractivity contribution is 0.487. The van der Waals surface area contributed by atoms with Gasteiger partial charge in [-0.25, -0.2) is 0 Å². The molecule has 1 atom stereocenters. The van der Waals surface area contributed by atoms with E-state index in [1.54, 1.807) is 11.3 Å². The summed E-state index contributed by atoms with van der Waals surface area (Å²) in [5.74, 6) is 6.48. The maximum Gasteiger partial charge on any atom is 0.0473 e. The zero-order valence-corrected chi connectivity index (χ0v) is 8.73. The van der Waals surface area contributed by atoms with Gasteiger partial charge < -0.3 is 0 Å². The monoisotopic (exact) mass is 196 g/mol. The van der Waals surface area contributed by atoms with Crippen LogP contribution in [0.2, 0.25) is 0 Å². The quantitative estimate of drug-likeness (QED) is 0.573. The van der Waals surface area contributed by atoms with Crippen LogP contribution in [0.4, 0.5) is 0 Å². The lowest BCUT2D eigenvalue weighted by Crippen LogP contribution is -2.28. The van der Waals surface area contributed by atoms with E-state index in [9.17, 15) is 0 Å². The van der Waals surface area contributed by atoms with E-state index in [0.29, 0.717) is 6.04 Å². The van der Waals surface area contributed by atoms with E-state index in [0.717, 1.165) is 5.92 Å². The second-order valence-electron chi connectivity index (χ2n) is 3.83. The van der Waals surface area contributed by atoms with E-state index in [1.165, 1.54) is 29.7 Å². The van der Waals surface area contributed by atoms with Crippen molar-refractivity contribution in [2.75, 3.05) is 0 Å². The van der Waals surface area contributed by atoms with Gasteiger partial charge in [0.2, 0.25) is 0 Å². The third-order valence-electron chi connectivity index (χ3n) is 2.74. The molecule has 0 amide bonds. The number of hydrogen-bond acceptors (Lipinski definition) is 3. The van der Waals surface area contributed by atoms with E-state index in [4.69, 9.17) is 5.84 Å². The summed E-state index contributed by atoms with van der Waals surface area (Å²) >= 11 is 1.80. The second-order valence-corrected chi connectivity index (χ2v) is 4.95. The SMILES string of the molecule is Cc1sccc1C(CC1CC1)NN. The second kappa shape index (κ2) is 3.78. The van der Waals surface area contributed by atoms with Crippen LogP contribution < -0.4 is 11.3 Å². The van der Waals surface area contributed by atoms with Crippen LogP contribution in [0.1, 0.15) is 35.7 Å². The molecule has 0 aromatic carbocycles. The largest absolute Gasteiger partial charge is 0.271 e. The summed E-state index contributed by atoms with van der Waals surface area (Å²) in [6.45, 7) is 2.16. The third kappa shape index (κ3) is 2.10. The minimum atomic E-state index is 0.374. The molecular weight excluding hydrogens is 180 g/mol. The van der Waals surface area contributed by atoms with Crippen LogP contribution in [-0.4, -0.2) is 0 Å². The molecule has 0 radical (unpaired) electrons. The molecule has 13 heavy (non-hydrogen) atoms. The van der Waals surface area contributed by atoms with Crippen LogP contribution in [0.5, 0.6) is 0 Å². The van der Waals surface area contributed by atoms with Crippen molar-refractivity contribution >= 4 is 11.3 Å². The molecule has 1 aliphatic rings. The molecule has 1 unspecified atom stereocenters. The minimum absolute atomic E-state index is 0.374. The normalized spacial score (nSPS) is 18.9. The number of nitrogens with one attached hydrogen (secondary N) is 1. The molecule has 1 aromatic rings. The molecule has 3 heteroatoms. The van der Waals surface area contributed by atoms with Gasteiger partial charge in [-0.2, -0.15) is 0 Å². The van der Waals surface area contributed by atoms with Crippen molar-refractivity contribution in [2.45, 2.75) is 32.2 Å². The van der Waals surface area contributed by atoms with E-state index >= 15 is 0 Å². The summed E-state index contributed by atoms with van der Waals surface area (Å²) in [6, 6.07) is 2.56. The van der Waals surface area contributed by atoms with Crippen LogP contribution in [0.15, 0.2) is 11.4 Å². The van der Waals surface area contributed by atoms with Gasteiger partial charge in [0, 0.05) is 10.9 Å². The van der Waals surface area contributed by atoms with Crippen molar-refractivity contribution < 1.29 is 0 Å². The van der Waals surface area contributed by atoms with Gasteiger partial charge in [0.25, 0.3) is 0 Å². The number of hydrazine groups is 1. The maximum atomic E-state index is 5.56. The smallest absolute Gasteiger partial charge is 0.0473 e. The number of aryl methyl sites for hydroxylation is 1. The van der Waals surface area contributed by atoms with Crippen molar-refractivity contribution in [2.24, 2.45) is 11.8 Å². The zero-order valence-electron chi connectivity index (χ0n) is 7.92. The minimum Gasteiger partial charge on any atom is -0.271 e. The first-order valence-corrected chi connectivity index (χ1v) is 5.69. The Labute approximate surface area is 83.1 Å². The fourth-order valence-corrected chi connectivity index (χ4v) is 2.49. The molecule has 1 aliphatic carbocycles. The highest BCUT2D eigenvalue weighted by atomic mass is 32.1. The topological polar surface area (TPSA) is 38.0 Å². The summed E-state index contributed by atoms with van der Waals surface area (Å²) in [7, 11) is 0. The Balaban J connectivity index is 2.06. The Bertz CT molecular complexity index is 278. The Kier molecular flexibility index (Phi) is 2.67. The first kappa shape index (κ1) is 9.19. The van der Waals surface area contributed by atoms with Gasteiger partial charge >= 0.3 is 0 Å². The van der Waals surface area contributed by atoms with E-state index in [-0.39, 0.29) is 0 Å². The van der Waals surface area contributed by atoms with Gasteiger partial charge in [-0.05, 0) is 36.3 Å². The summed E-state index contributed by atoms with van der Waals surface area (Å²) < 4.78 is 0. The molecule has 1 fully saturated rings. The van der Waals surface area contributed by atoms with Crippen LogP contribution >= 0.6 is 11.3 Å². The molecule has 0 spiro atoms. The van der Waals surface area contributed by atoms with Gasteiger partial charge in [-0.1, -0.05) is 12.8 Å². The molecule has 0 saturated heterocycles. The molecule has 1 aromatic heterocycles. The van der Waals surface area contributed by atoms with Crippen molar-refractivity contribution in [3.63, 3.8) is 0 Å². The van der Waals surface area contributed by atoms with Crippen molar-refractivity contribution in [1.82, 2.24) is 5.43 Å². The molecule has 1 saturated carbocycles. The Morgan fingerprint density at radius 1 is 1.69 bits per heavy atom. The van der Waals surface area contributed by atoms with Crippen molar-refractivity contribution in [1.29, 1.82) is 0 Å². The highest BCUT2D eigenvalue weighted by Gasteiger charge is 2.26. The average molecular weight is 196 g/mol. The fourth-order valence-electron chi connectivity index (χ4n) is 1.73. The summed E-state index contributed by atoms with van der Waals surface area (Å²) in [4.78, 5) is 1.39. The predicted octanol–water partition coefficient (Wildman–Crippen LogP) is 2.36. The first-order chi connectivity index (χ1) is 6.31. The van der Waals surface area contributed by atoms with Crippen LogP contribution in [0, 0.1) is 12.8 Å².